The number of rotatable bonds is 2. The first kappa shape index (κ1) is 17.2. The highest BCUT2D eigenvalue weighted by molar-refractivity contribution is 7.97. The van der Waals surface area contributed by atoms with E-state index in [9.17, 15) is 0 Å². The van der Waals surface area contributed by atoms with Crippen molar-refractivity contribution >= 4 is 81.6 Å². The zero-order valence-electron chi connectivity index (χ0n) is 8.51. The summed E-state index contributed by atoms with van der Waals surface area (Å²) in [7, 11) is 0. The molecular weight excluding hydrogens is 383 g/mol. The third-order valence-electron chi connectivity index (χ3n) is 1.82. The molecule has 0 aromatic heterocycles. The third-order valence-corrected chi connectivity index (χ3v) is 3.85. The largest absolute Gasteiger partial charge is 0.245 e. The molecule has 0 aliphatic heterocycles. The molecule has 0 radical (unpaired) electrons. The summed E-state index contributed by atoms with van der Waals surface area (Å²) >= 11 is 35.9. The fourth-order valence-corrected chi connectivity index (χ4v) is 2.78. The molecule has 0 heterocycles. The van der Waals surface area contributed by atoms with Crippen molar-refractivity contribution in [2.75, 3.05) is 0 Å². The van der Waals surface area contributed by atoms with Crippen molar-refractivity contribution < 1.29 is 0 Å². The average Bonchev–Trinajstić information content (AvgIpc) is 2.13. The first-order valence-electron chi connectivity index (χ1n) is 4.28. The number of halogens is 6. The van der Waals surface area contributed by atoms with Crippen LogP contribution in [0, 0.1) is 0 Å². The summed E-state index contributed by atoms with van der Waals surface area (Å²) in [6, 6.07) is 4.66. The van der Waals surface area contributed by atoms with Crippen LogP contribution in [0.3, 0.4) is 0 Å². The van der Waals surface area contributed by atoms with Gasteiger partial charge < -0.3 is 0 Å². The van der Waals surface area contributed by atoms with Crippen molar-refractivity contribution in [3.05, 3.63) is 29.3 Å². The number of nitrogens with two attached hydrogens (primary N) is 2. The number of hydrogen-bond donors (Lipinski definition) is 2. The normalized spacial score (nSPS) is 13.2. The minimum absolute atomic E-state index is 0.322. The minimum atomic E-state index is -1.69. The van der Waals surface area contributed by atoms with E-state index in [1.807, 2.05) is 0 Å². The van der Waals surface area contributed by atoms with Crippen LogP contribution < -0.4 is 11.7 Å². The Kier molecular flexibility index (Phi) is 6.04. The van der Waals surface area contributed by atoms with Gasteiger partial charge in [0.1, 0.15) is 0 Å². The highest BCUT2D eigenvalue weighted by Crippen LogP contribution is 2.46. The fraction of sp³-hybridized carbons (Fsp3) is 0.250. The van der Waals surface area contributed by atoms with Crippen LogP contribution in [0.4, 0.5) is 0 Å². The van der Waals surface area contributed by atoms with Crippen molar-refractivity contribution in [2.45, 2.75) is 12.5 Å². The van der Waals surface area contributed by atoms with Gasteiger partial charge in [0.15, 0.2) is 0 Å². The molecule has 18 heavy (non-hydrogen) atoms. The molecule has 0 aliphatic carbocycles. The van der Waals surface area contributed by atoms with Crippen LogP contribution in [0.15, 0.2) is 23.1 Å². The quantitative estimate of drug-likeness (QED) is 0.341. The van der Waals surface area contributed by atoms with Crippen LogP contribution in [-0.2, 0) is 7.59 Å². The van der Waals surface area contributed by atoms with Crippen molar-refractivity contribution in [2.24, 2.45) is 11.7 Å². The summed E-state index contributed by atoms with van der Waals surface area (Å²) < 4.78 is -2.42. The maximum atomic E-state index is 5.86. The third kappa shape index (κ3) is 4.94. The Balaban J connectivity index is 3.30. The molecule has 0 saturated carbocycles. The Bertz CT molecular complexity index is 428. The van der Waals surface area contributed by atoms with Crippen molar-refractivity contribution in [1.29, 1.82) is 0 Å². The lowest BCUT2D eigenvalue weighted by Crippen LogP contribution is -2.30. The van der Waals surface area contributed by atoms with Gasteiger partial charge in [-0.3, -0.25) is 0 Å². The van der Waals surface area contributed by atoms with Gasteiger partial charge in [0.2, 0.25) is 7.59 Å². The van der Waals surface area contributed by atoms with Gasteiger partial charge in [-0.15, -0.1) is 4.52 Å². The summed E-state index contributed by atoms with van der Waals surface area (Å²) in [6.07, 6.45) is 0. The molecule has 1 aromatic rings. The molecule has 0 saturated heterocycles. The standard InChI is InChI=1S/C8H7Cl6N3S/c9-7(10,11)4-1-2-6(18-17(15)16)5(3-4)8(12,13)14/h1-3H,15-16H2. The molecule has 0 aliphatic rings. The van der Waals surface area contributed by atoms with Gasteiger partial charge in [-0.05, 0) is 24.1 Å². The second-order valence-corrected chi connectivity index (χ2v) is 8.76. The first-order chi connectivity index (χ1) is 8.01. The summed E-state index contributed by atoms with van der Waals surface area (Å²) in [5.74, 6) is 10.7. The molecule has 10 heteroatoms. The summed E-state index contributed by atoms with van der Waals surface area (Å²) in [5.41, 5.74) is 0.695. The number of hydrogen-bond acceptors (Lipinski definition) is 4. The van der Waals surface area contributed by atoms with Gasteiger partial charge in [-0.1, -0.05) is 75.7 Å². The summed E-state index contributed by atoms with van der Waals surface area (Å²) in [5, 5.41) is 0. The number of alkyl halides is 6. The Morgan fingerprint density at radius 3 is 1.89 bits per heavy atom. The Morgan fingerprint density at radius 1 is 0.944 bits per heavy atom. The molecule has 0 spiro atoms. The lowest BCUT2D eigenvalue weighted by atomic mass is 10.1. The number of nitrogens with zero attached hydrogens (tertiary/aromatic N) is 1. The maximum Gasteiger partial charge on any atom is 0.217 e. The van der Waals surface area contributed by atoms with Gasteiger partial charge in [0.25, 0.3) is 0 Å². The van der Waals surface area contributed by atoms with E-state index in [2.05, 4.69) is 0 Å². The topological polar surface area (TPSA) is 55.3 Å². The number of benzene rings is 1. The second kappa shape index (κ2) is 6.31. The molecule has 0 fully saturated rings. The van der Waals surface area contributed by atoms with Gasteiger partial charge in [0.05, 0.1) is 0 Å². The monoisotopic (exact) mass is 387 g/mol. The predicted octanol–water partition coefficient (Wildman–Crippen LogP) is 4.40. The van der Waals surface area contributed by atoms with Gasteiger partial charge in [-0.25, -0.2) is 11.7 Å². The zero-order chi connectivity index (χ0) is 14.1. The smallest absolute Gasteiger partial charge is 0.217 e. The Labute approximate surface area is 139 Å². The molecule has 102 valence electrons. The van der Waals surface area contributed by atoms with Crippen LogP contribution in [0.5, 0.6) is 0 Å². The lowest BCUT2D eigenvalue weighted by molar-refractivity contribution is 0.530. The molecule has 1 aromatic carbocycles. The second-order valence-electron chi connectivity index (χ2n) is 3.16. The van der Waals surface area contributed by atoms with Crippen LogP contribution in [0.2, 0.25) is 0 Å². The van der Waals surface area contributed by atoms with Crippen LogP contribution in [-0.4, -0.2) is 4.52 Å². The maximum absolute atomic E-state index is 5.86. The molecule has 0 unspecified atom stereocenters. The fourth-order valence-electron chi connectivity index (χ4n) is 1.12. The molecule has 4 N–H and O–H groups in total. The van der Waals surface area contributed by atoms with Gasteiger partial charge in [-0.2, -0.15) is 0 Å². The van der Waals surface area contributed by atoms with Crippen LogP contribution in [0.25, 0.3) is 0 Å². The lowest BCUT2D eigenvalue weighted by Gasteiger charge is -2.20. The average molecular weight is 390 g/mol. The predicted molar refractivity (Wildman–Crippen MR) is 81.0 cm³/mol. The van der Waals surface area contributed by atoms with E-state index in [0.717, 1.165) is 16.5 Å². The first-order valence-corrected chi connectivity index (χ1v) is 7.32. The van der Waals surface area contributed by atoms with Crippen molar-refractivity contribution in [1.82, 2.24) is 4.52 Å². The Hall–Kier alpha value is 1.19. The van der Waals surface area contributed by atoms with E-state index in [4.69, 9.17) is 81.3 Å². The highest BCUT2D eigenvalue weighted by Gasteiger charge is 2.31. The molecule has 1 rings (SSSR count). The van der Waals surface area contributed by atoms with Gasteiger partial charge >= 0.3 is 0 Å². The summed E-state index contributed by atoms with van der Waals surface area (Å²) in [6.45, 7) is 0. The van der Waals surface area contributed by atoms with Crippen molar-refractivity contribution in [3.63, 3.8) is 0 Å². The molecule has 0 bridgehead atoms. The molecule has 0 atom stereocenters. The Morgan fingerprint density at radius 2 is 1.50 bits per heavy atom. The van der Waals surface area contributed by atoms with Crippen molar-refractivity contribution in [3.8, 4) is 0 Å². The van der Waals surface area contributed by atoms with Gasteiger partial charge in [0, 0.05) is 16.0 Å². The van der Waals surface area contributed by atoms with Crippen LogP contribution in [0.1, 0.15) is 11.1 Å². The summed E-state index contributed by atoms with van der Waals surface area (Å²) in [4.78, 5) is 0.540. The van der Waals surface area contributed by atoms with E-state index in [-0.39, 0.29) is 0 Å². The molecule has 0 amide bonds. The molecular formula is C8H7Cl6N3S. The van der Waals surface area contributed by atoms with E-state index >= 15 is 0 Å². The SMILES string of the molecule is NN(N)Sc1ccc(C(Cl)(Cl)Cl)cc1C(Cl)(Cl)Cl. The van der Waals surface area contributed by atoms with E-state index in [1.165, 1.54) is 6.07 Å². The number of hydrazine groups is 2. The van der Waals surface area contributed by atoms with E-state index in [0.29, 0.717) is 16.0 Å². The minimum Gasteiger partial charge on any atom is -0.245 e. The van der Waals surface area contributed by atoms with Crippen LogP contribution >= 0.6 is 81.6 Å². The van der Waals surface area contributed by atoms with E-state index < -0.39 is 7.59 Å². The highest BCUT2D eigenvalue weighted by atomic mass is 35.6. The zero-order valence-corrected chi connectivity index (χ0v) is 13.9. The molecule has 3 nitrogen and oxygen atoms in total. The van der Waals surface area contributed by atoms with E-state index in [1.54, 1.807) is 12.1 Å².